The summed E-state index contributed by atoms with van der Waals surface area (Å²) in [6, 6.07) is 0.315. The van der Waals surface area contributed by atoms with Crippen molar-refractivity contribution in [1.82, 2.24) is 15.1 Å². The third kappa shape index (κ3) is 6.81. The Morgan fingerprint density at radius 3 is 2.27 bits per heavy atom. The summed E-state index contributed by atoms with van der Waals surface area (Å²) in [5.74, 6) is 0. The SMILES string of the molecule is OC(CNC1CCN(CCC(F)(F)F)CC1)CN1CCCC1. The highest BCUT2D eigenvalue weighted by molar-refractivity contribution is 4.79. The van der Waals surface area contributed by atoms with Gasteiger partial charge in [0.25, 0.3) is 0 Å². The molecule has 2 N–H and O–H groups in total. The van der Waals surface area contributed by atoms with Crippen molar-refractivity contribution >= 4 is 0 Å². The van der Waals surface area contributed by atoms with Crippen LogP contribution in [0.2, 0.25) is 0 Å². The van der Waals surface area contributed by atoms with Crippen LogP contribution >= 0.6 is 0 Å². The number of halogens is 3. The Labute approximate surface area is 130 Å². The van der Waals surface area contributed by atoms with Crippen molar-refractivity contribution in [2.75, 3.05) is 45.8 Å². The molecule has 2 saturated heterocycles. The average Bonchev–Trinajstić information content (AvgIpc) is 2.96. The summed E-state index contributed by atoms with van der Waals surface area (Å²) in [5, 5.41) is 13.4. The number of alkyl halides is 3. The van der Waals surface area contributed by atoms with E-state index in [0.717, 1.165) is 32.5 Å². The lowest BCUT2D eigenvalue weighted by Gasteiger charge is -2.33. The Bertz CT molecular complexity index is 314. The van der Waals surface area contributed by atoms with Crippen molar-refractivity contribution in [3.8, 4) is 0 Å². The number of hydrogen-bond acceptors (Lipinski definition) is 4. The molecular weight excluding hydrogens is 295 g/mol. The topological polar surface area (TPSA) is 38.7 Å². The lowest BCUT2D eigenvalue weighted by Crippen LogP contribution is -2.46. The van der Waals surface area contributed by atoms with E-state index in [0.29, 0.717) is 25.7 Å². The van der Waals surface area contributed by atoms with Crippen LogP contribution in [0.4, 0.5) is 13.2 Å². The van der Waals surface area contributed by atoms with Crippen molar-refractivity contribution < 1.29 is 18.3 Å². The van der Waals surface area contributed by atoms with Crippen LogP contribution in [0, 0.1) is 0 Å². The number of likely N-dealkylation sites (tertiary alicyclic amines) is 2. The van der Waals surface area contributed by atoms with Gasteiger partial charge in [-0.15, -0.1) is 0 Å². The van der Waals surface area contributed by atoms with Crippen molar-refractivity contribution in [2.24, 2.45) is 0 Å². The van der Waals surface area contributed by atoms with E-state index in [1.54, 1.807) is 0 Å². The number of hydrogen-bond donors (Lipinski definition) is 2. The van der Waals surface area contributed by atoms with Gasteiger partial charge >= 0.3 is 6.18 Å². The molecule has 0 aromatic heterocycles. The zero-order chi connectivity index (χ0) is 16.0. The zero-order valence-electron chi connectivity index (χ0n) is 13.1. The minimum absolute atomic E-state index is 0.105. The van der Waals surface area contributed by atoms with Gasteiger partial charge in [0.05, 0.1) is 12.5 Å². The summed E-state index contributed by atoms with van der Waals surface area (Å²) < 4.78 is 36.6. The number of aliphatic hydroxyl groups is 1. The molecule has 0 aliphatic carbocycles. The summed E-state index contributed by atoms with van der Waals surface area (Å²) in [6.07, 6.45) is -0.995. The van der Waals surface area contributed by atoms with Gasteiger partial charge in [0, 0.05) is 25.7 Å². The van der Waals surface area contributed by atoms with Crippen LogP contribution in [0.25, 0.3) is 0 Å². The number of β-amino-alcohol motifs (C(OH)–C–C–N with tert-alkyl or cyclic N) is 1. The Morgan fingerprint density at radius 1 is 1.05 bits per heavy atom. The highest BCUT2D eigenvalue weighted by atomic mass is 19.4. The summed E-state index contributed by atoms with van der Waals surface area (Å²) >= 11 is 0. The Morgan fingerprint density at radius 2 is 1.68 bits per heavy atom. The third-order valence-electron chi connectivity index (χ3n) is 4.61. The lowest BCUT2D eigenvalue weighted by molar-refractivity contribution is -0.138. The van der Waals surface area contributed by atoms with E-state index < -0.39 is 12.6 Å². The zero-order valence-corrected chi connectivity index (χ0v) is 13.1. The van der Waals surface area contributed by atoms with Crippen LogP contribution in [0.3, 0.4) is 0 Å². The molecule has 1 atom stereocenters. The molecule has 2 aliphatic rings. The van der Waals surface area contributed by atoms with Crippen molar-refractivity contribution in [1.29, 1.82) is 0 Å². The van der Waals surface area contributed by atoms with Crippen molar-refractivity contribution in [3.63, 3.8) is 0 Å². The van der Waals surface area contributed by atoms with Gasteiger partial charge in [-0.25, -0.2) is 0 Å². The number of rotatable bonds is 7. The monoisotopic (exact) mass is 323 g/mol. The van der Waals surface area contributed by atoms with E-state index in [1.807, 2.05) is 4.90 Å². The molecule has 0 bridgehead atoms. The third-order valence-corrected chi connectivity index (χ3v) is 4.61. The van der Waals surface area contributed by atoms with Gasteiger partial charge in [-0.05, 0) is 51.9 Å². The van der Waals surface area contributed by atoms with Gasteiger partial charge in [-0.1, -0.05) is 0 Å². The molecule has 22 heavy (non-hydrogen) atoms. The average molecular weight is 323 g/mol. The minimum Gasteiger partial charge on any atom is -0.390 e. The number of nitrogens with one attached hydrogen (secondary N) is 1. The number of nitrogens with zero attached hydrogens (tertiary/aromatic N) is 2. The van der Waals surface area contributed by atoms with Crippen molar-refractivity contribution in [2.45, 2.75) is 50.4 Å². The molecule has 2 heterocycles. The molecule has 2 fully saturated rings. The fourth-order valence-electron chi connectivity index (χ4n) is 3.28. The fraction of sp³-hybridized carbons (Fsp3) is 1.00. The highest BCUT2D eigenvalue weighted by Crippen LogP contribution is 2.21. The van der Waals surface area contributed by atoms with Gasteiger partial charge in [0.1, 0.15) is 0 Å². The second-order valence-electron chi connectivity index (χ2n) is 6.55. The maximum Gasteiger partial charge on any atom is 0.390 e. The van der Waals surface area contributed by atoms with Gasteiger partial charge in [-0.2, -0.15) is 13.2 Å². The molecule has 130 valence electrons. The second kappa shape index (κ2) is 8.47. The van der Waals surface area contributed by atoms with E-state index in [4.69, 9.17) is 0 Å². The molecule has 0 aromatic carbocycles. The lowest BCUT2D eigenvalue weighted by atomic mass is 10.0. The van der Waals surface area contributed by atoms with E-state index in [-0.39, 0.29) is 12.6 Å². The number of piperidine rings is 1. The minimum atomic E-state index is -4.06. The largest absolute Gasteiger partial charge is 0.390 e. The maximum atomic E-state index is 12.2. The first-order valence-electron chi connectivity index (χ1n) is 8.35. The number of aliphatic hydroxyl groups excluding tert-OH is 1. The molecule has 2 rings (SSSR count). The fourth-order valence-corrected chi connectivity index (χ4v) is 3.28. The molecule has 1 unspecified atom stereocenters. The molecule has 4 nitrogen and oxygen atoms in total. The standard InChI is InChI=1S/C15H28F3N3O/c16-15(17,18)5-10-20-8-3-13(4-9-20)19-11-14(22)12-21-6-1-2-7-21/h13-14,19,22H,1-12H2. The summed E-state index contributed by atoms with van der Waals surface area (Å²) in [5.41, 5.74) is 0. The summed E-state index contributed by atoms with van der Waals surface area (Å²) in [6.45, 7) is 4.96. The highest BCUT2D eigenvalue weighted by Gasteiger charge is 2.29. The van der Waals surface area contributed by atoms with Gasteiger partial charge in [0.2, 0.25) is 0 Å². The van der Waals surface area contributed by atoms with Crippen LogP contribution in [0.1, 0.15) is 32.1 Å². The molecule has 0 spiro atoms. The molecule has 0 amide bonds. The van der Waals surface area contributed by atoms with Gasteiger partial charge < -0.3 is 20.2 Å². The van der Waals surface area contributed by atoms with Gasteiger partial charge in [-0.3, -0.25) is 0 Å². The first-order chi connectivity index (χ1) is 10.4. The van der Waals surface area contributed by atoms with Crippen LogP contribution in [0.15, 0.2) is 0 Å². The molecule has 2 aliphatic heterocycles. The summed E-state index contributed by atoms with van der Waals surface area (Å²) in [7, 11) is 0. The predicted octanol–water partition coefficient (Wildman–Crippen LogP) is 1.45. The van der Waals surface area contributed by atoms with Crippen LogP contribution in [-0.4, -0.2) is 79.0 Å². The smallest absolute Gasteiger partial charge is 0.390 e. The quantitative estimate of drug-likeness (QED) is 0.744. The molecule has 0 radical (unpaired) electrons. The predicted molar refractivity (Wildman–Crippen MR) is 79.8 cm³/mol. The van der Waals surface area contributed by atoms with E-state index in [2.05, 4.69) is 10.2 Å². The first kappa shape index (κ1) is 18.0. The van der Waals surface area contributed by atoms with E-state index >= 15 is 0 Å². The maximum absolute atomic E-state index is 12.2. The van der Waals surface area contributed by atoms with Crippen molar-refractivity contribution in [3.05, 3.63) is 0 Å². The Balaban J connectivity index is 1.55. The Kier molecular flexibility index (Phi) is 6.92. The Hall–Kier alpha value is -0.370. The first-order valence-corrected chi connectivity index (χ1v) is 8.35. The van der Waals surface area contributed by atoms with Crippen LogP contribution in [-0.2, 0) is 0 Å². The molecule has 0 saturated carbocycles. The summed E-state index contributed by atoms with van der Waals surface area (Å²) in [4.78, 5) is 4.17. The normalized spacial score (nSPS) is 24.0. The van der Waals surface area contributed by atoms with E-state index in [1.165, 1.54) is 12.8 Å². The van der Waals surface area contributed by atoms with Gasteiger partial charge in [0.15, 0.2) is 0 Å². The molecular formula is C15H28F3N3O. The molecule has 0 aromatic rings. The van der Waals surface area contributed by atoms with Crippen LogP contribution < -0.4 is 5.32 Å². The second-order valence-corrected chi connectivity index (χ2v) is 6.55. The molecule has 7 heteroatoms. The van der Waals surface area contributed by atoms with Crippen LogP contribution in [0.5, 0.6) is 0 Å². The van der Waals surface area contributed by atoms with E-state index in [9.17, 15) is 18.3 Å².